The minimum atomic E-state index is -3.83. The van der Waals surface area contributed by atoms with Crippen LogP contribution in [-0.4, -0.2) is 25.6 Å². The monoisotopic (exact) mass is 480 g/mol. The van der Waals surface area contributed by atoms with Gasteiger partial charge in [0, 0.05) is 22.2 Å². The first-order valence-electron chi connectivity index (χ1n) is 8.89. The molecule has 0 aliphatic carbocycles. The molecule has 1 N–H and O–H groups in total. The zero-order chi connectivity index (χ0) is 23.6. The number of hydrogen-bond donors (Lipinski definition) is 1. The fourth-order valence-corrected chi connectivity index (χ4v) is 4.16. The van der Waals surface area contributed by atoms with E-state index in [0.717, 1.165) is 23.7 Å². The van der Waals surface area contributed by atoms with Gasteiger partial charge in [-0.2, -0.15) is 5.26 Å². The summed E-state index contributed by atoms with van der Waals surface area (Å²) in [6.07, 6.45) is 0.817. The molecule has 0 unspecified atom stereocenters. The average Bonchev–Trinajstić information content (AvgIpc) is 3.10. The highest BCUT2D eigenvalue weighted by atomic mass is 32.2. The molecule has 0 aliphatic rings. The summed E-state index contributed by atoms with van der Waals surface area (Å²) in [6.45, 7) is 1.18. The third kappa shape index (κ3) is 5.24. The average molecular weight is 480 g/mol. The minimum Gasteiger partial charge on any atom is -0.313 e. The summed E-state index contributed by atoms with van der Waals surface area (Å²) in [5.74, 6) is -4.52. The Hall–Kier alpha value is -3.43. The largest absolute Gasteiger partial charge is 0.313 e. The van der Waals surface area contributed by atoms with Gasteiger partial charge >= 0.3 is 0 Å². The summed E-state index contributed by atoms with van der Waals surface area (Å²) in [6, 6.07) is 9.25. The highest BCUT2D eigenvalue weighted by Crippen LogP contribution is 2.34. The van der Waals surface area contributed by atoms with Crippen molar-refractivity contribution in [2.24, 2.45) is 0 Å². The molecule has 0 aliphatic heterocycles. The maximum atomic E-state index is 14.3. The SMILES string of the molecule is Cc1sc(N(Cc2cc(F)cc(F)c2F)c2ccc(C#N)cc2)nc1C(=O)NS(C)(=O)=O. The molecular weight excluding hydrogens is 465 g/mol. The van der Waals surface area contributed by atoms with Crippen molar-refractivity contribution in [3.05, 3.63) is 75.5 Å². The van der Waals surface area contributed by atoms with Crippen molar-refractivity contribution in [3.63, 3.8) is 0 Å². The van der Waals surface area contributed by atoms with Gasteiger partial charge in [0.2, 0.25) is 10.0 Å². The van der Waals surface area contributed by atoms with E-state index in [-0.39, 0.29) is 22.9 Å². The number of thiazole rings is 1. The number of benzene rings is 2. The van der Waals surface area contributed by atoms with Crippen molar-refractivity contribution >= 4 is 38.1 Å². The van der Waals surface area contributed by atoms with Crippen LogP contribution in [0.5, 0.6) is 0 Å². The first-order chi connectivity index (χ1) is 15.0. The fraction of sp³-hybridized carbons (Fsp3) is 0.150. The second-order valence-corrected chi connectivity index (χ2v) is 9.64. The molecule has 32 heavy (non-hydrogen) atoms. The standard InChI is InChI=1S/C20H15F3N4O3S2/c1-11-18(19(28)26-32(2,29)30)25-20(31-11)27(15-5-3-12(9-24)4-6-15)10-13-7-14(21)8-16(22)17(13)23/h3-8H,10H2,1-2H3,(H,26,28). The summed E-state index contributed by atoms with van der Waals surface area (Å²) in [7, 11) is -3.83. The van der Waals surface area contributed by atoms with Crippen LogP contribution in [0.4, 0.5) is 24.0 Å². The number of aromatic nitrogens is 1. The molecule has 0 atom stereocenters. The van der Waals surface area contributed by atoms with Gasteiger partial charge in [-0.1, -0.05) is 0 Å². The van der Waals surface area contributed by atoms with Crippen LogP contribution in [0.2, 0.25) is 0 Å². The van der Waals surface area contributed by atoms with Crippen LogP contribution < -0.4 is 9.62 Å². The first kappa shape index (κ1) is 23.2. The van der Waals surface area contributed by atoms with Gasteiger partial charge < -0.3 is 4.90 Å². The molecule has 2 aromatic carbocycles. The number of aryl methyl sites for hydroxylation is 1. The molecule has 0 saturated heterocycles. The lowest BCUT2D eigenvalue weighted by Crippen LogP contribution is -2.30. The van der Waals surface area contributed by atoms with Crippen molar-refractivity contribution in [3.8, 4) is 6.07 Å². The Morgan fingerprint density at radius 2 is 1.88 bits per heavy atom. The number of rotatable bonds is 6. The van der Waals surface area contributed by atoms with E-state index in [2.05, 4.69) is 4.98 Å². The Morgan fingerprint density at radius 3 is 2.47 bits per heavy atom. The highest BCUT2D eigenvalue weighted by molar-refractivity contribution is 7.89. The number of nitrogens with zero attached hydrogens (tertiary/aromatic N) is 3. The topological polar surface area (TPSA) is 103 Å². The number of amides is 1. The third-order valence-electron chi connectivity index (χ3n) is 4.21. The summed E-state index contributed by atoms with van der Waals surface area (Å²) in [5, 5.41) is 9.16. The highest BCUT2D eigenvalue weighted by Gasteiger charge is 2.24. The third-order valence-corrected chi connectivity index (χ3v) is 5.76. The van der Waals surface area contributed by atoms with E-state index in [0.29, 0.717) is 22.2 Å². The van der Waals surface area contributed by atoms with Crippen molar-refractivity contribution < 1.29 is 26.4 Å². The molecule has 3 rings (SSSR count). The number of carbonyl (C=O) groups excluding carboxylic acids is 1. The Bertz CT molecular complexity index is 1330. The summed E-state index contributed by atoms with van der Waals surface area (Å²) < 4.78 is 66.4. The lowest BCUT2D eigenvalue weighted by atomic mass is 10.1. The van der Waals surface area contributed by atoms with E-state index in [1.54, 1.807) is 0 Å². The van der Waals surface area contributed by atoms with Crippen LogP contribution in [0.15, 0.2) is 36.4 Å². The fourth-order valence-electron chi connectivity index (χ4n) is 2.81. The molecule has 1 amide bonds. The molecule has 0 bridgehead atoms. The van der Waals surface area contributed by atoms with Crippen molar-refractivity contribution in [1.29, 1.82) is 5.26 Å². The van der Waals surface area contributed by atoms with Crippen molar-refractivity contribution in [1.82, 2.24) is 9.71 Å². The molecule has 0 radical (unpaired) electrons. The number of anilines is 2. The summed E-state index contributed by atoms with van der Waals surface area (Å²) in [5.41, 5.74) is 0.277. The number of nitriles is 1. The minimum absolute atomic E-state index is 0.148. The molecule has 12 heteroatoms. The Kier molecular flexibility index (Phi) is 6.52. The smallest absolute Gasteiger partial charge is 0.284 e. The maximum absolute atomic E-state index is 14.3. The van der Waals surface area contributed by atoms with Gasteiger partial charge in [-0.15, -0.1) is 11.3 Å². The van der Waals surface area contributed by atoms with Gasteiger partial charge in [0.1, 0.15) is 11.5 Å². The van der Waals surface area contributed by atoms with Crippen LogP contribution in [0.25, 0.3) is 0 Å². The zero-order valence-corrected chi connectivity index (χ0v) is 18.3. The molecular formula is C20H15F3N4O3S2. The lowest BCUT2D eigenvalue weighted by Gasteiger charge is -2.22. The van der Waals surface area contributed by atoms with Crippen molar-refractivity contribution in [2.45, 2.75) is 13.5 Å². The molecule has 0 saturated carbocycles. The Labute approximate surface area is 185 Å². The predicted octanol–water partition coefficient (Wildman–Crippen LogP) is 3.77. The molecule has 3 aromatic rings. The normalized spacial score (nSPS) is 11.1. The van der Waals surface area contributed by atoms with E-state index < -0.39 is 33.4 Å². The molecule has 0 fully saturated rings. The number of hydrogen-bond acceptors (Lipinski definition) is 7. The molecule has 166 valence electrons. The molecule has 1 aromatic heterocycles. The van der Waals surface area contributed by atoms with Crippen LogP contribution >= 0.6 is 11.3 Å². The van der Waals surface area contributed by atoms with E-state index in [1.165, 1.54) is 36.1 Å². The predicted molar refractivity (Wildman–Crippen MR) is 112 cm³/mol. The number of nitrogens with one attached hydrogen (secondary N) is 1. The van der Waals surface area contributed by atoms with Gasteiger partial charge in [0.15, 0.2) is 16.8 Å². The second kappa shape index (κ2) is 8.97. The molecule has 7 nitrogen and oxygen atoms in total. The summed E-state index contributed by atoms with van der Waals surface area (Å²) >= 11 is 0.999. The quantitative estimate of drug-likeness (QED) is 0.539. The number of sulfonamides is 1. The van der Waals surface area contributed by atoms with Gasteiger partial charge in [-0.25, -0.2) is 31.3 Å². The van der Waals surface area contributed by atoms with E-state index in [1.807, 2.05) is 10.8 Å². The van der Waals surface area contributed by atoms with Gasteiger partial charge in [-0.05, 0) is 37.3 Å². The van der Waals surface area contributed by atoms with Crippen LogP contribution in [0.1, 0.15) is 26.5 Å². The van der Waals surface area contributed by atoms with E-state index >= 15 is 0 Å². The Balaban J connectivity index is 2.08. The van der Waals surface area contributed by atoms with E-state index in [9.17, 15) is 26.4 Å². The summed E-state index contributed by atoms with van der Waals surface area (Å²) in [4.78, 5) is 18.2. The number of carbonyl (C=O) groups is 1. The van der Waals surface area contributed by atoms with Gasteiger partial charge in [0.05, 0.1) is 24.4 Å². The van der Waals surface area contributed by atoms with Gasteiger partial charge in [0.25, 0.3) is 5.91 Å². The van der Waals surface area contributed by atoms with Gasteiger partial charge in [-0.3, -0.25) is 4.79 Å². The van der Waals surface area contributed by atoms with Crippen LogP contribution in [0.3, 0.4) is 0 Å². The maximum Gasteiger partial charge on any atom is 0.284 e. The first-order valence-corrected chi connectivity index (χ1v) is 11.6. The van der Waals surface area contributed by atoms with Crippen molar-refractivity contribution in [2.75, 3.05) is 11.2 Å². The zero-order valence-electron chi connectivity index (χ0n) is 16.7. The van der Waals surface area contributed by atoms with Crippen LogP contribution in [-0.2, 0) is 16.6 Å². The van der Waals surface area contributed by atoms with E-state index in [4.69, 9.17) is 5.26 Å². The lowest BCUT2D eigenvalue weighted by molar-refractivity contribution is 0.0977. The second-order valence-electron chi connectivity index (χ2n) is 6.71. The van der Waals surface area contributed by atoms with Crippen LogP contribution in [0, 0.1) is 35.7 Å². The molecule has 1 heterocycles. The molecule has 0 spiro atoms. The number of halogens is 3. The Morgan fingerprint density at radius 1 is 1.22 bits per heavy atom.